The molecule has 0 aliphatic rings. The molecule has 2 aromatic carbocycles. The molecular formula is C18H14N3O2+. The second kappa shape index (κ2) is 4.91. The maximum absolute atomic E-state index is 11.0. The molecule has 0 saturated heterocycles. The number of nitro groups is 1. The van der Waals surface area contributed by atoms with Crippen LogP contribution in [0.5, 0.6) is 0 Å². The second-order valence-corrected chi connectivity index (χ2v) is 5.37. The molecule has 0 radical (unpaired) electrons. The molecule has 2 aromatic heterocycles. The predicted octanol–water partition coefficient (Wildman–Crippen LogP) is 3.93. The zero-order valence-corrected chi connectivity index (χ0v) is 12.5. The Bertz CT molecular complexity index is 1110. The van der Waals surface area contributed by atoms with Gasteiger partial charge in [0.1, 0.15) is 5.52 Å². The predicted molar refractivity (Wildman–Crippen MR) is 90.3 cm³/mol. The summed E-state index contributed by atoms with van der Waals surface area (Å²) >= 11 is 0. The van der Waals surface area contributed by atoms with Crippen LogP contribution < -0.4 is 4.57 Å². The van der Waals surface area contributed by atoms with E-state index in [1.165, 1.54) is 0 Å². The topological polar surface area (TPSA) is 51.4 Å². The van der Waals surface area contributed by atoms with Crippen molar-refractivity contribution in [3.63, 3.8) is 0 Å². The fraction of sp³-hybridized carbons (Fsp3) is 0.0556. The monoisotopic (exact) mass is 304 g/mol. The average molecular weight is 304 g/mol. The number of nitrogens with zero attached hydrogens (tertiary/aromatic N) is 3. The Labute approximate surface area is 131 Å². The Morgan fingerprint density at radius 2 is 1.91 bits per heavy atom. The molecule has 0 aliphatic carbocycles. The summed E-state index contributed by atoms with van der Waals surface area (Å²) in [6.45, 7) is 1.98. The van der Waals surface area contributed by atoms with Crippen LogP contribution in [0.4, 0.5) is 5.69 Å². The Kier molecular flexibility index (Phi) is 2.87. The molecule has 0 saturated carbocycles. The van der Waals surface area contributed by atoms with Gasteiger partial charge in [0.05, 0.1) is 11.1 Å². The summed E-state index contributed by atoms with van der Waals surface area (Å²) in [6, 6.07) is 17.0. The quantitative estimate of drug-likeness (QED) is 0.320. The van der Waals surface area contributed by atoms with Crippen LogP contribution in [0.3, 0.4) is 0 Å². The minimum absolute atomic E-state index is 0.106. The van der Waals surface area contributed by atoms with Gasteiger partial charge in [-0.1, -0.05) is 12.1 Å². The summed E-state index contributed by atoms with van der Waals surface area (Å²) in [5, 5.41) is 11.8. The van der Waals surface area contributed by atoms with Crippen molar-refractivity contribution in [3.8, 4) is 0 Å². The lowest BCUT2D eigenvalue weighted by atomic mass is 10.2. The van der Waals surface area contributed by atoms with Gasteiger partial charge in [-0.25, -0.2) is 0 Å². The van der Waals surface area contributed by atoms with Crippen molar-refractivity contribution >= 4 is 39.5 Å². The highest BCUT2D eigenvalue weighted by Crippen LogP contribution is 2.25. The molecule has 0 spiro atoms. The van der Waals surface area contributed by atoms with Crippen molar-refractivity contribution in [2.75, 3.05) is 0 Å². The molecule has 4 aromatic rings. The Morgan fingerprint density at radius 3 is 2.70 bits per heavy atom. The number of nitro benzene ring substituents is 1. The van der Waals surface area contributed by atoms with Crippen LogP contribution >= 0.6 is 0 Å². The molecule has 0 unspecified atom stereocenters. The number of rotatable bonds is 2. The van der Waals surface area contributed by atoms with Crippen LogP contribution in [0.2, 0.25) is 0 Å². The summed E-state index contributed by atoms with van der Waals surface area (Å²) in [5.41, 5.74) is 4.24. The van der Waals surface area contributed by atoms with Crippen LogP contribution in [-0.4, -0.2) is 9.32 Å². The maximum atomic E-state index is 11.0. The van der Waals surface area contributed by atoms with Crippen molar-refractivity contribution in [1.29, 1.82) is 0 Å². The summed E-state index contributed by atoms with van der Waals surface area (Å²) < 4.78 is 4.25. The van der Waals surface area contributed by atoms with Crippen LogP contribution in [-0.2, 0) is 0 Å². The van der Waals surface area contributed by atoms with Gasteiger partial charge in [-0.3, -0.25) is 10.1 Å². The number of allylic oxidation sites excluding steroid dienone is 1. The molecule has 0 N–H and O–H groups in total. The van der Waals surface area contributed by atoms with Crippen LogP contribution in [0.1, 0.15) is 6.92 Å². The molecule has 4 rings (SSSR count). The van der Waals surface area contributed by atoms with E-state index in [0.717, 1.165) is 27.6 Å². The van der Waals surface area contributed by atoms with E-state index in [1.807, 2.05) is 49.5 Å². The third-order valence-corrected chi connectivity index (χ3v) is 4.03. The fourth-order valence-corrected chi connectivity index (χ4v) is 3.08. The third kappa shape index (κ3) is 1.90. The zero-order chi connectivity index (χ0) is 16.0. The molecule has 0 fully saturated rings. The highest BCUT2D eigenvalue weighted by Gasteiger charge is 2.20. The second-order valence-electron chi connectivity index (χ2n) is 5.37. The van der Waals surface area contributed by atoms with Gasteiger partial charge in [0.2, 0.25) is 0 Å². The molecule has 0 atom stereocenters. The van der Waals surface area contributed by atoms with E-state index < -0.39 is 0 Å². The first-order chi connectivity index (χ1) is 11.2. The highest BCUT2D eigenvalue weighted by molar-refractivity contribution is 5.89. The van der Waals surface area contributed by atoms with Crippen molar-refractivity contribution in [3.05, 3.63) is 70.8 Å². The lowest BCUT2D eigenvalue weighted by Crippen LogP contribution is -2.25. The lowest BCUT2D eigenvalue weighted by Gasteiger charge is -1.98. The molecule has 0 aliphatic heterocycles. The Morgan fingerprint density at radius 1 is 1.09 bits per heavy atom. The van der Waals surface area contributed by atoms with Crippen molar-refractivity contribution in [1.82, 2.24) is 4.40 Å². The van der Waals surface area contributed by atoms with Gasteiger partial charge >= 0.3 is 0 Å². The van der Waals surface area contributed by atoms with Crippen molar-refractivity contribution in [2.45, 2.75) is 6.92 Å². The van der Waals surface area contributed by atoms with Gasteiger partial charge in [0.25, 0.3) is 11.3 Å². The fourth-order valence-electron chi connectivity index (χ4n) is 3.08. The van der Waals surface area contributed by atoms with Crippen molar-refractivity contribution < 1.29 is 9.49 Å². The molecule has 23 heavy (non-hydrogen) atoms. The van der Waals surface area contributed by atoms with Crippen LogP contribution in [0.15, 0.2) is 60.7 Å². The molecule has 0 bridgehead atoms. The summed E-state index contributed by atoms with van der Waals surface area (Å²) in [6.07, 6.45) is 4.02. The number of fused-ring (bicyclic) bond motifs is 5. The maximum Gasteiger partial charge on any atom is 0.292 e. The van der Waals surface area contributed by atoms with Gasteiger partial charge < -0.3 is 0 Å². The Balaban J connectivity index is 2.22. The Hall–Kier alpha value is -3.21. The molecule has 2 heterocycles. The van der Waals surface area contributed by atoms with Crippen LogP contribution in [0, 0.1) is 10.1 Å². The van der Waals surface area contributed by atoms with Crippen LogP contribution in [0.25, 0.3) is 33.8 Å². The number of non-ortho nitro benzene ring substituents is 1. The third-order valence-electron chi connectivity index (χ3n) is 4.03. The van der Waals surface area contributed by atoms with E-state index in [1.54, 1.807) is 12.1 Å². The van der Waals surface area contributed by atoms with Gasteiger partial charge in [0.15, 0.2) is 11.0 Å². The van der Waals surface area contributed by atoms with E-state index in [4.69, 9.17) is 0 Å². The lowest BCUT2D eigenvalue weighted by molar-refractivity contribution is -0.509. The first-order valence-electron chi connectivity index (χ1n) is 7.35. The molecule has 5 nitrogen and oxygen atoms in total. The number of imidazole rings is 1. The normalized spacial score (nSPS) is 11.9. The summed E-state index contributed by atoms with van der Waals surface area (Å²) in [5.74, 6) is 0. The number of aromatic nitrogens is 2. The van der Waals surface area contributed by atoms with E-state index in [2.05, 4.69) is 21.1 Å². The zero-order valence-electron chi connectivity index (χ0n) is 12.5. The minimum Gasteiger partial charge on any atom is -0.258 e. The first-order valence-corrected chi connectivity index (χ1v) is 7.35. The SMILES string of the molecule is CC=C[n+]1c2ccccc2n2c3ccc([N+](=O)[O-])cc3ccc21. The first kappa shape index (κ1) is 13.5. The van der Waals surface area contributed by atoms with E-state index in [9.17, 15) is 10.1 Å². The number of hydrogen-bond acceptors (Lipinski definition) is 2. The van der Waals surface area contributed by atoms with Crippen molar-refractivity contribution in [2.24, 2.45) is 0 Å². The molecule has 5 heteroatoms. The van der Waals surface area contributed by atoms with E-state index in [0.29, 0.717) is 0 Å². The van der Waals surface area contributed by atoms with Gasteiger partial charge in [-0.05, 0) is 37.3 Å². The number of benzene rings is 2. The standard InChI is InChI=1S/C18H14N3O2/c1-2-11-19-16-5-3-4-6-17(16)20-15-9-8-14(21(22)23)12-13(15)7-10-18(19)20/h2-12H,1H3/q+1. The minimum atomic E-state index is -0.364. The molecule has 112 valence electrons. The molecule has 0 amide bonds. The smallest absolute Gasteiger partial charge is 0.258 e. The van der Waals surface area contributed by atoms with Gasteiger partial charge in [-0.15, -0.1) is 0 Å². The van der Waals surface area contributed by atoms with Gasteiger partial charge in [0, 0.05) is 23.6 Å². The van der Waals surface area contributed by atoms with E-state index >= 15 is 0 Å². The summed E-state index contributed by atoms with van der Waals surface area (Å²) in [4.78, 5) is 10.6. The largest absolute Gasteiger partial charge is 0.292 e. The number of para-hydroxylation sites is 2. The van der Waals surface area contributed by atoms with Gasteiger partial charge in [-0.2, -0.15) is 8.97 Å². The molecular weight excluding hydrogens is 290 g/mol. The highest BCUT2D eigenvalue weighted by atomic mass is 16.6. The summed E-state index contributed by atoms with van der Waals surface area (Å²) in [7, 11) is 0. The number of pyridine rings is 1. The number of hydrogen-bond donors (Lipinski definition) is 0. The average Bonchev–Trinajstić information content (AvgIpc) is 2.89. The van der Waals surface area contributed by atoms with E-state index in [-0.39, 0.29) is 10.6 Å².